The molecule has 5 heteroatoms. The highest BCUT2D eigenvalue weighted by Gasteiger charge is 2.49. The molecule has 1 N–H and O–H groups in total. The number of piperidine rings is 1. The van der Waals surface area contributed by atoms with E-state index in [1.807, 2.05) is 36.7 Å². The Balaban J connectivity index is 1.50. The third-order valence-corrected chi connectivity index (χ3v) is 6.12. The average Bonchev–Trinajstić information content (AvgIpc) is 2.93. The molecule has 2 saturated heterocycles. The number of nitrogens with zero attached hydrogens (tertiary/aromatic N) is 3. The second kappa shape index (κ2) is 7.56. The number of aliphatic hydroxyl groups is 1. The highest BCUT2D eigenvalue weighted by Crippen LogP contribution is 2.48. The van der Waals surface area contributed by atoms with Crippen molar-refractivity contribution in [3.05, 3.63) is 53.6 Å². The molecule has 0 saturated carbocycles. The van der Waals surface area contributed by atoms with Crippen LogP contribution in [0.2, 0.25) is 0 Å². The molecule has 2 aliphatic rings. The van der Waals surface area contributed by atoms with Crippen molar-refractivity contribution in [2.75, 3.05) is 7.11 Å². The van der Waals surface area contributed by atoms with Gasteiger partial charge in [0.1, 0.15) is 11.6 Å². The first-order valence-electron chi connectivity index (χ1n) is 10.0. The number of fused-ring (bicyclic) bond motifs is 2. The Hall–Kier alpha value is -1.98. The summed E-state index contributed by atoms with van der Waals surface area (Å²) in [5, 5.41) is 11.5. The van der Waals surface area contributed by atoms with Gasteiger partial charge in [0.2, 0.25) is 0 Å². The summed E-state index contributed by atoms with van der Waals surface area (Å²) in [4.78, 5) is 11.5. The Morgan fingerprint density at radius 1 is 1.15 bits per heavy atom. The van der Waals surface area contributed by atoms with E-state index >= 15 is 0 Å². The minimum atomic E-state index is -0.809. The number of ether oxygens (including phenoxy) is 1. The maximum atomic E-state index is 11.5. The van der Waals surface area contributed by atoms with Gasteiger partial charge in [0, 0.05) is 48.6 Å². The van der Waals surface area contributed by atoms with Gasteiger partial charge < -0.3 is 9.84 Å². The Labute approximate surface area is 161 Å². The van der Waals surface area contributed by atoms with E-state index in [1.54, 1.807) is 7.11 Å². The zero-order chi connectivity index (χ0) is 18.9. The van der Waals surface area contributed by atoms with Crippen molar-refractivity contribution in [3.8, 4) is 5.75 Å². The number of hydrogen-bond donors (Lipinski definition) is 1. The van der Waals surface area contributed by atoms with Crippen LogP contribution in [0.4, 0.5) is 0 Å². The van der Waals surface area contributed by atoms with E-state index in [0.717, 1.165) is 67.8 Å². The van der Waals surface area contributed by atoms with Gasteiger partial charge in [0.05, 0.1) is 12.7 Å². The zero-order valence-corrected chi connectivity index (χ0v) is 16.3. The second-order valence-electron chi connectivity index (χ2n) is 7.95. The second-order valence-corrected chi connectivity index (χ2v) is 7.95. The van der Waals surface area contributed by atoms with Crippen LogP contribution in [0.15, 0.2) is 36.7 Å². The highest BCUT2D eigenvalue weighted by molar-refractivity contribution is 5.39. The molecule has 0 amide bonds. The normalized spacial score (nSPS) is 27.7. The molecule has 3 atom stereocenters. The van der Waals surface area contributed by atoms with Crippen LogP contribution in [0.5, 0.6) is 5.75 Å². The molecule has 2 aromatic rings. The van der Waals surface area contributed by atoms with Crippen LogP contribution in [0, 0.1) is 0 Å². The van der Waals surface area contributed by atoms with Gasteiger partial charge in [-0.2, -0.15) is 0 Å². The fourth-order valence-corrected chi connectivity index (χ4v) is 4.85. The molecule has 1 aromatic carbocycles. The summed E-state index contributed by atoms with van der Waals surface area (Å²) >= 11 is 0. The number of methoxy groups -OCH3 is 1. The van der Waals surface area contributed by atoms with Gasteiger partial charge >= 0.3 is 0 Å². The fourth-order valence-electron chi connectivity index (χ4n) is 4.85. The molecule has 3 heterocycles. The maximum Gasteiger partial charge on any atom is 0.128 e. The van der Waals surface area contributed by atoms with Crippen molar-refractivity contribution in [1.29, 1.82) is 0 Å². The summed E-state index contributed by atoms with van der Waals surface area (Å²) in [5.74, 6) is 1.71. The van der Waals surface area contributed by atoms with Crippen LogP contribution < -0.4 is 4.74 Å². The van der Waals surface area contributed by atoms with Crippen LogP contribution in [0.1, 0.15) is 56.0 Å². The molecule has 0 spiro atoms. The van der Waals surface area contributed by atoms with Crippen LogP contribution in [0.3, 0.4) is 0 Å². The SMILES string of the molecule is CCCc1ncc(CN2[C@@H]3CC[C@H]2CC(O)(c2ccccc2OC)C3)cn1. The third-order valence-electron chi connectivity index (χ3n) is 6.12. The lowest BCUT2D eigenvalue weighted by Gasteiger charge is -2.44. The molecule has 0 radical (unpaired) electrons. The van der Waals surface area contributed by atoms with Gasteiger partial charge in [-0.3, -0.25) is 4.90 Å². The number of aromatic nitrogens is 2. The van der Waals surface area contributed by atoms with Gasteiger partial charge in [-0.1, -0.05) is 25.1 Å². The van der Waals surface area contributed by atoms with E-state index in [0.29, 0.717) is 12.1 Å². The quantitative estimate of drug-likeness (QED) is 0.847. The van der Waals surface area contributed by atoms with Gasteiger partial charge in [-0.25, -0.2) is 9.97 Å². The van der Waals surface area contributed by atoms with Gasteiger partial charge in [0.25, 0.3) is 0 Å². The lowest BCUT2D eigenvalue weighted by molar-refractivity contribution is -0.0607. The van der Waals surface area contributed by atoms with Crippen LogP contribution in [0.25, 0.3) is 0 Å². The maximum absolute atomic E-state index is 11.5. The van der Waals surface area contributed by atoms with E-state index in [1.165, 1.54) is 0 Å². The number of aryl methyl sites for hydroxylation is 1. The fraction of sp³-hybridized carbons (Fsp3) is 0.545. The standard InChI is InChI=1S/C22H29N3O2/c1-3-6-21-23-13-16(14-24-21)15-25-17-9-10-18(25)12-22(26,11-17)19-7-4-5-8-20(19)27-2/h4-5,7-8,13-14,17-18,26H,3,6,9-12,15H2,1-2H3/t17-,18+,22?. The van der Waals surface area contributed by atoms with Gasteiger partial charge in [-0.15, -0.1) is 0 Å². The van der Waals surface area contributed by atoms with Crippen LogP contribution in [-0.2, 0) is 18.6 Å². The van der Waals surface area contributed by atoms with Crippen LogP contribution in [-0.4, -0.2) is 39.2 Å². The summed E-state index contributed by atoms with van der Waals surface area (Å²) in [5.41, 5.74) is 1.28. The number of hydrogen-bond acceptors (Lipinski definition) is 5. The first-order chi connectivity index (χ1) is 13.1. The van der Waals surface area contributed by atoms with Crippen molar-refractivity contribution < 1.29 is 9.84 Å². The molecule has 27 heavy (non-hydrogen) atoms. The number of para-hydroxylation sites is 1. The Morgan fingerprint density at radius 2 is 1.81 bits per heavy atom. The highest BCUT2D eigenvalue weighted by atomic mass is 16.5. The molecule has 1 unspecified atom stereocenters. The lowest BCUT2D eigenvalue weighted by atomic mass is 9.80. The van der Waals surface area contributed by atoms with Gasteiger partial charge in [-0.05, 0) is 38.2 Å². The molecular formula is C22H29N3O2. The monoisotopic (exact) mass is 367 g/mol. The summed E-state index contributed by atoms with van der Waals surface area (Å²) in [6.07, 6.45) is 9.71. The lowest BCUT2D eigenvalue weighted by Crippen LogP contribution is -2.49. The zero-order valence-electron chi connectivity index (χ0n) is 16.3. The van der Waals surface area contributed by atoms with Crippen LogP contribution >= 0.6 is 0 Å². The predicted molar refractivity (Wildman–Crippen MR) is 105 cm³/mol. The van der Waals surface area contributed by atoms with Crippen molar-refractivity contribution in [2.24, 2.45) is 0 Å². The molecule has 2 aliphatic heterocycles. The predicted octanol–water partition coefficient (Wildman–Crippen LogP) is 3.45. The molecule has 0 aliphatic carbocycles. The van der Waals surface area contributed by atoms with E-state index in [2.05, 4.69) is 21.8 Å². The first kappa shape index (κ1) is 18.4. The summed E-state index contributed by atoms with van der Waals surface area (Å²) in [6.45, 7) is 3.01. The smallest absolute Gasteiger partial charge is 0.128 e. The molecule has 1 aromatic heterocycles. The molecule has 144 valence electrons. The summed E-state index contributed by atoms with van der Waals surface area (Å²) < 4.78 is 5.52. The third kappa shape index (κ3) is 3.58. The summed E-state index contributed by atoms with van der Waals surface area (Å²) in [6, 6.07) is 8.66. The van der Waals surface area contributed by atoms with E-state index in [4.69, 9.17) is 4.74 Å². The van der Waals surface area contributed by atoms with Crippen molar-refractivity contribution >= 4 is 0 Å². The Kier molecular flexibility index (Phi) is 5.15. The van der Waals surface area contributed by atoms with Crippen molar-refractivity contribution in [2.45, 2.75) is 69.7 Å². The van der Waals surface area contributed by atoms with E-state index < -0.39 is 5.60 Å². The van der Waals surface area contributed by atoms with E-state index in [-0.39, 0.29) is 0 Å². The molecular weight excluding hydrogens is 338 g/mol. The van der Waals surface area contributed by atoms with Gasteiger partial charge in [0.15, 0.2) is 0 Å². The largest absolute Gasteiger partial charge is 0.496 e. The van der Waals surface area contributed by atoms with Crippen molar-refractivity contribution in [1.82, 2.24) is 14.9 Å². The minimum Gasteiger partial charge on any atom is -0.496 e. The molecule has 2 fully saturated rings. The molecule has 2 bridgehead atoms. The Morgan fingerprint density at radius 3 is 2.44 bits per heavy atom. The van der Waals surface area contributed by atoms with E-state index in [9.17, 15) is 5.11 Å². The Bertz CT molecular complexity index is 763. The minimum absolute atomic E-state index is 0.383. The molecule has 5 nitrogen and oxygen atoms in total. The molecule has 4 rings (SSSR count). The number of rotatable bonds is 6. The summed E-state index contributed by atoms with van der Waals surface area (Å²) in [7, 11) is 1.67. The number of benzene rings is 1. The first-order valence-corrected chi connectivity index (χ1v) is 10.0. The average molecular weight is 367 g/mol. The topological polar surface area (TPSA) is 58.5 Å². The van der Waals surface area contributed by atoms with Crippen molar-refractivity contribution in [3.63, 3.8) is 0 Å².